The maximum absolute atomic E-state index is 12.2. The first-order valence-corrected chi connectivity index (χ1v) is 8.97. The van der Waals surface area contributed by atoms with Crippen molar-refractivity contribution in [2.75, 3.05) is 12.4 Å². The summed E-state index contributed by atoms with van der Waals surface area (Å²) in [6, 6.07) is 9.27. The van der Waals surface area contributed by atoms with E-state index in [0.717, 1.165) is 34.0 Å². The quantitative estimate of drug-likeness (QED) is 0.610. The van der Waals surface area contributed by atoms with Crippen LogP contribution in [0.3, 0.4) is 0 Å². The number of aromatic amines is 1. The fourth-order valence-electron chi connectivity index (χ4n) is 2.91. The summed E-state index contributed by atoms with van der Waals surface area (Å²) in [6.45, 7) is 6.08. The number of amides is 2. The monoisotopic (exact) mass is 380 g/mol. The lowest BCUT2D eigenvalue weighted by molar-refractivity contribution is 0.251. The Balaban J connectivity index is 1.56. The van der Waals surface area contributed by atoms with E-state index in [0.29, 0.717) is 24.5 Å². The van der Waals surface area contributed by atoms with Crippen LogP contribution in [0, 0.1) is 20.8 Å². The van der Waals surface area contributed by atoms with Crippen LogP contribution in [-0.2, 0) is 13.0 Å². The average Bonchev–Trinajstić information content (AvgIpc) is 3.06. The lowest BCUT2D eigenvalue weighted by Crippen LogP contribution is -2.28. The number of rotatable bonds is 6. The number of aryl methyl sites for hydroxylation is 3. The van der Waals surface area contributed by atoms with E-state index in [2.05, 4.69) is 30.8 Å². The Morgan fingerprint density at radius 1 is 1.14 bits per heavy atom. The van der Waals surface area contributed by atoms with Gasteiger partial charge in [0.05, 0.1) is 13.7 Å². The van der Waals surface area contributed by atoms with Crippen LogP contribution in [0.4, 0.5) is 10.5 Å². The van der Waals surface area contributed by atoms with Crippen molar-refractivity contribution < 1.29 is 9.53 Å². The summed E-state index contributed by atoms with van der Waals surface area (Å²) in [5, 5.41) is 12.6. The summed E-state index contributed by atoms with van der Waals surface area (Å²) in [6.07, 6.45) is 0.635. The number of urea groups is 1. The first-order valence-electron chi connectivity index (χ1n) is 8.97. The molecule has 0 aliphatic rings. The van der Waals surface area contributed by atoms with Gasteiger partial charge in [0.15, 0.2) is 5.82 Å². The number of H-pyrrole nitrogens is 1. The topological polar surface area (TPSA) is 105 Å². The molecule has 0 saturated carbocycles. The van der Waals surface area contributed by atoms with E-state index in [1.807, 2.05) is 51.1 Å². The summed E-state index contributed by atoms with van der Waals surface area (Å²) in [5.41, 5.74) is 4.54. The minimum Gasteiger partial charge on any atom is -0.481 e. The van der Waals surface area contributed by atoms with Crippen molar-refractivity contribution in [2.45, 2.75) is 33.7 Å². The Morgan fingerprint density at radius 3 is 2.54 bits per heavy atom. The first kappa shape index (κ1) is 19.3. The van der Waals surface area contributed by atoms with Crippen molar-refractivity contribution in [2.24, 2.45) is 0 Å². The maximum atomic E-state index is 12.2. The Bertz CT molecular complexity index is 965. The first-order chi connectivity index (χ1) is 13.4. The number of anilines is 1. The minimum atomic E-state index is -0.292. The summed E-state index contributed by atoms with van der Waals surface area (Å²) in [7, 11) is 1.58. The highest BCUT2D eigenvalue weighted by atomic mass is 16.5. The third-order valence-electron chi connectivity index (χ3n) is 4.27. The van der Waals surface area contributed by atoms with Crippen LogP contribution in [0.1, 0.15) is 34.0 Å². The molecule has 8 heteroatoms. The standard InChI is InChI=1S/C20H24N6O2/c1-12-9-13(2)22-19(28-4)17(12)11-21-20(27)24-16-7-5-15(6-8-16)10-18-23-14(3)25-26-18/h5-9H,10-11H2,1-4H3,(H2,21,24,27)(H,23,25,26). The van der Waals surface area contributed by atoms with Gasteiger partial charge in [-0.25, -0.2) is 14.8 Å². The molecule has 0 fully saturated rings. The summed E-state index contributed by atoms with van der Waals surface area (Å²) in [5.74, 6) is 2.07. The van der Waals surface area contributed by atoms with E-state index in [-0.39, 0.29) is 6.03 Å². The van der Waals surface area contributed by atoms with Crippen LogP contribution in [0.5, 0.6) is 5.88 Å². The number of hydrogen-bond acceptors (Lipinski definition) is 5. The number of pyridine rings is 1. The molecule has 8 nitrogen and oxygen atoms in total. The van der Waals surface area contributed by atoms with Crippen molar-refractivity contribution in [1.29, 1.82) is 0 Å². The third-order valence-corrected chi connectivity index (χ3v) is 4.27. The lowest BCUT2D eigenvalue weighted by Gasteiger charge is -2.13. The molecule has 3 aromatic rings. The van der Waals surface area contributed by atoms with E-state index in [1.54, 1.807) is 7.11 Å². The molecule has 0 atom stereocenters. The average molecular weight is 380 g/mol. The van der Waals surface area contributed by atoms with E-state index >= 15 is 0 Å². The van der Waals surface area contributed by atoms with Crippen molar-refractivity contribution in [3.05, 3.63) is 64.4 Å². The molecule has 1 aromatic carbocycles. The third kappa shape index (κ3) is 4.85. The Labute approximate surface area is 163 Å². The maximum Gasteiger partial charge on any atom is 0.319 e. The Kier molecular flexibility index (Phi) is 5.88. The van der Waals surface area contributed by atoms with Gasteiger partial charge in [0.1, 0.15) is 5.82 Å². The van der Waals surface area contributed by atoms with E-state index < -0.39 is 0 Å². The molecule has 2 amide bonds. The molecule has 0 saturated heterocycles. The molecular formula is C20H24N6O2. The van der Waals surface area contributed by atoms with Crippen LogP contribution < -0.4 is 15.4 Å². The number of carbonyl (C=O) groups excluding carboxylic acids is 1. The molecule has 2 aromatic heterocycles. The number of methoxy groups -OCH3 is 1. The van der Waals surface area contributed by atoms with Crippen molar-refractivity contribution in [3.8, 4) is 5.88 Å². The van der Waals surface area contributed by atoms with Gasteiger partial charge in [-0.3, -0.25) is 5.10 Å². The SMILES string of the molecule is COc1nc(C)cc(C)c1CNC(=O)Nc1ccc(Cc2n[nH]c(C)n2)cc1. The highest BCUT2D eigenvalue weighted by molar-refractivity contribution is 5.89. The second kappa shape index (κ2) is 8.51. The molecule has 3 rings (SSSR count). The predicted molar refractivity (Wildman–Crippen MR) is 106 cm³/mol. The van der Waals surface area contributed by atoms with Crippen LogP contribution in [0.25, 0.3) is 0 Å². The van der Waals surface area contributed by atoms with Gasteiger partial charge in [0.2, 0.25) is 5.88 Å². The van der Waals surface area contributed by atoms with E-state index in [4.69, 9.17) is 4.74 Å². The number of nitrogens with one attached hydrogen (secondary N) is 3. The van der Waals surface area contributed by atoms with E-state index in [1.165, 1.54) is 0 Å². The fraction of sp³-hybridized carbons (Fsp3) is 0.300. The number of carbonyl (C=O) groups is 1. The summed E-state index contributed by atoms with van der Waals surface area (Å²) < 4.78 is 5.33. The Morgan fingerprint density at radius 2 is 1.89 bits per heavy atom. The number of benzene rings is 1. The van der Waals surface area contributed by atoms with Crippen molar-refractivity contribution in [1.82, 2.24) is 25.5 Å². The number of hydrogen-bond donors (Lipinski definition) is 3. The molecule has 0 aliphatic heterocycles. The van der Waals surface area contributed by atoms with Crippen LogP contribution in [0.2, 0.25) is 0 Å². The molecule has 146 valence electrons. The number of nitrogens with zero attached hydrogens (tertiary/aromatic N) is 3. The molecule has 0 spiro atoms. The number of ether oxygens (including phenoxy) is 1. The largest absolute Gasteiger partial charge is 0.481 e. The van der Waals surface area contributed by atoms with E-state index in [9.17, 15) is 4.79 Å². The molecule has 28 heavy (non-hydrogen) atoms. The number of aromatic nitrogens is 4. The van der Waals surface area contributed by atoms with Gasteiger partial charge in [-0.05, 0) is 50.1 Å². The zero-order valence-corrected chi connectivity index (χ0v) is 16.5. The van der Waals surface area contributed by atoms with Gasteiger partial charge in [0.25, 0.3) is 0 Å². The van der Waals surface area contributed by atoms with Crippen LogP contribution in [-0.4, -0.2) is 33.3 Å². The predicted octanol–water partition coefficient (Wildman–Crippen LogP) is 3.05. The highest BCUT2D eigenvalue weighted by Gasteiger charge is 2.11. The van der Waals surface area contributed by atoms with Crippen molar-refractivity contribution >= 4 is 11.7 Å². The summed E-state index contributed by atoms with van der Waals surface area (Å²) >= 11 is 0. The molecular weight excluding hydrogens is 356 g/mol. The highest BCUT2D eigenvalue weighted by Crippen LogP contribution is 2.20. The molecule has 2 heterocycles. The zero-order chi connectivity index (χ0) is 20.1. The molecule has 0 unspecified atom stereocenters. The van der Waals surface area contributed by atoms with Gasteiger partial charge in [0, 0.05) is 23.4 Å². The van der Waals surface area contributed by atoms with Crippen molar-refractivity contribution in [3.63, 3.8) is 0 Å². The van der Waals surface area contributed by atoms with Gasteiger partial charge in [-0.15, -0.1) is 0 Å². The summed E-state index contributed by atoms with van der Waals surface area (Å²) in [4.78, 5) is 20.9. The normalized spacial score (nSPS) is 10.6. The smallest absolute Gasteiger partial charge is 0.319 e. The molecule has 0 aliphatic carbocycles. The van der Waals surface area contributed by atoms with Gasteiger partial charge >= 0.3 is 6.03 Å². The molecule has 0 radical (unpaired) electrons. The second-order valence-electron chi connectivity index (χ2n) is 6.59. The van der Waals surface area contributed by atoms with Gasteiger partial charge in [-0.1, -0.05) is 12.1 Å². The molecule has 0 bridgehead atoms. The van der Waals surface area contributed by atoms with Gasteiger partial charge < -0.3 is 15.4 Å². The zero-order valence-electron chi connectivity index (χ0n) is 16.5. The molecule has 3 N–H and O–H groups in total. The van der Waals surface area contributed by atoms with Crippen LogP contribution in [0.15, 0.2) is 30.3 Å². The second-order valence-corrected chi connectivity index (χ2v) is 6.59. The minimum absolute atomic E-state index is 0.292. The lowest BCUT2D eigenvalue weighted by atomic mass is 10.1. The fourth-order valence-corrected chi connectivity index (χ4v) is 2.91. The van der Waals surface area contributed by atoms with Crippen LogP contribution >= 0.6 is 0 Å². The Hall–Kier alpha value is -3.42. The van der Waals surface area contributed by atoms with Gasteiger partial charge in [-0.2, -0.15) is 5.10 Å².